The van der Waals surface area contributed by atoms with Gasteiger partial charge in [0.25, 0.3) is 11.8 Å². The molecule has 0 bridgehead atoms. The van der Waals surface area contributed by atoms with Gasteiger partial charge in [-0.05, 0) is 42.9 Å². The Labute approximate surface area is 193 Å². The lowest BCUT2D eigenvalue weighted by Gasteiger charge is -2.30. The Morgan fingerprint density at radius 2 is 1.44 bits per heavy atom. The predicted molar refractivity (Wildman–Crippen MR) is 134 cm³/mol. The maximum Gasteiger partial charge on any atom is 0.261 e. The van der Waals surface area contributed by atoms with Gasteiger partial charge in [0.1, 0.15) is 0 Å². The van der Waals surface area contributed by atoms with Crippen molar-refractivity contribution >= 4 is 28.3 Å². The molecule has 1 heterocycles. The fraction of sp³-hybridized carbons (Fsp3) is 0.571. The van der Waals surface area contributed by atoms with E-state index in [0.29, 0.717) is 29.5 Å². The quantitative estimate of drug-likeness (QED) is 0.336. The molecule has 0 saturated carbocycles. The monoisotopic (exact) mass is 436 g/mol. The van der Waals surface area contributed by atoms with Crippen molar-refractivity contribution in [2.75, 3.05) is 18.4 Å². The molecule has 2 aromatic carbocycles. The molecule has 0 saturated heterocycles. The molecule has 4 heteroatoms. The van der Waals surface area contributed by atoms with Crippen LogP contribution in [0.25, 0.3) is 10.8 Å². The van der Waals surface area contributed by atoms with Gasteiger partial charge in [-0.2, -0.15) is 0 Å². The first-order chi connectivity index (χ1) is 15.5. The summed E-state index contributed by atoms with van der Waals surface area (Å²) in [7, 11) is 0. The van der Waals surface area contributed by atoms with Gasteiger partial charge in [-0.3, -0.25) is 14.5 Å². The van der Waals surface area contributed by atoms with Crippen molar-refractivity contribution in [2.45, 2.75) is 79.1 Å². The molecule has 32 heavy (non-hydrogen) atoms. The van der Waals surface area contributed by atoms with Crippen LogP contribution in [0.1, 0.15) is 99.8 Å². The highest BCUT2D eigenvalue weighted by molar-refractivity contribution is 6.26. The largest absolute Gasteiger partial charge is 0.384 e. The highest BCUT2D eigenvalue weighted by Crippen LogP contribution is 2.35. The molecule has 3 rings (SSSR count). The molecule has 1 N–H and O–H groups in total. The summed E-state index contributed by atoms with van der Waals surface area (Å²) in [5.74, 6) is 0.705. The van der Waals surface area contributed by atoms with Gasteiger partial charge < -0.3 is 5.32 Å². The van der Waals surface area contributed by atoms with Crippen LogP contribution in [0.4, 0.5) is 5.69 Å². The third kappa shape index (κ3) is 5.16. The van der Waals surface area contributed by atoms with E-state index in [1.54, 1.807) is 0 Å². The average molecular weight is 437 g/mol. The van der Waals surface area contributed by atoms with Crippen LogP contribution in [-0.4, -0.2) is 29.8 Å². The number of nitrogens with zero attached hydrogens (tertiary/aromatic N) is 1. The molecule has 2 atom stereocenters. The Hall–Kier alpha value is -2.36. The zero-order valence-corrected chi connectivity index (χ0v) is 20.4. The zero-order chi connectivity index (χ0) is 23.1. The number of unbranched alkanes of at least 4 members (excludes halogenated alkanes) is 2. The van der Waals surface area contributed by atoms with Crippen LogP contribution in [0, 0.1) is 11.8 Å². The molecular formula is C28H40N2O2. The number of amides is 2. The molecule has 4 nitrogen and oxygen atoms in total. The number of anilines is 1. The first kappa shape index (κ1) is 24.3. The number of nitrogens with one attached hydrogen (secondary N) is 1. The van der Waals surface area contributed by atoms with Crippen LogP contribution in [-0.2, 0) is 0 Å². The van der Waals surface area contributed by atoms with E-state index in [1.807, 2.05) is 30.3 Å². The third-order valence-electron chi connectivity index (χ3n) is 7.10. The van der Waals surface area contributed by atoms with E-state index in [2.05, 4.69) is 33.0 Å². The van der Waals surface area contributed by atoms with Gasteiger partial charge >= 0.3 is 0 Å². The normalized spacial score (nSPS) is 15.3. The van der Waals surface area contributed by atoms with Crippen LogP contribution in [0.3, 0.4) is 0 Å². The van der Waals surface area contributed by atoms with Crippen molar-refractivity contribution in [1.82, 2.24) is 4.90 Å². The minimum Gasteiger partial charge on any atom is -0.384 e. The number of imide groups is 1. The molecule has 0 spiro atoms. The van der Waals surface area contributed by atoms with Crippen molar-refractivity contribution in [3.63, 3.8) is 0 Å². The van der Waals surface area contributed by atoms with E-state index in [1.165, 1.54) is 24.2 Å². The number of benzene rings is 2. The minimum atomic E-state index is -0.144. The first-order valence-corrected chi connectivity index (χ1v) is 12.7. The van der Waals surface area contributed by atoms with E-state index in [9.17, 15) is 9.59 Å². The summed E-state index contributed by atoms with van der Waals surface area (Å²) in [4.78, 5) is 28.2. The number of carbonyl (C=O) groups excluding carboxylic acids is 2. The lowest BCUT2D eigenvalue weighted by Crippen LogP contribution is -2.43. The van der Waals surface area contributed by atoms with E-state index in [-0.39, 0.29) is 11.8 Å². The van der Waals surface area contributed by atoms with E-state index in [0.717, 1.165) is 55.1 Å². The molecule has 2 aromatic rings. The van der Waals surface area contributed by atoms with E-state index in [4.69, 9.17) is 0 Å². The number of hydrogen-bond donors (Lipinski definition) is 1. The van der Waals surface area contributed by atoms with E-state index >= 15 is 0 Å². The summed E-state index contributed by atoms with van der Waals surface area (Å²) in [6.45, 7) is 10.2. The zero-order valence-electron chi connectivity index (χ0n) is 20.4. The van der Waals surface area contributed by atoms with Gasteiger partial charge in [0.15, 0.2) is 0 Å². The second-order valence-electron chi connectivity index (χ2n) is 9.32. The summed E-state index contributed by atoms with van der Waals surface area (Å²) in [5, 5.41) is 5.41. The van der Waals surface area contributed by atoms with Crippen molar-refractivity contribution < 1.29 is 9.59 Å². The van der Waals surface area contributed by atoms with Crippen molar-refractivity contribution in [1.29, 1.82) is 0 Å². The second kappa shape index (κ2) is 11.5. The molecule has 2 amide bonds. The van der Waals surface area contributed by atoms with Gasteiger partial charge in [-0.1, -0.05) is 78.4 Å². The highest BCUT2D eigenvalue weighted by atomic mass is 16.2. The summed E-state index contributed by atoms with van der Waals surface area (Å²) in [6.07, 6.45) is 9.14. The molecule has 0 radical (unpaired) electrons. The maximum absolute atomic E-state index is 13.4. The molecular weight excluding hydrogens is 396 g/mol. The number of hydrogen-bond acceptors (Lipinski definition) is 3. The Morgan fingerprint density at radius 1 is 0.812 bits per heavy atom. The van der Waals surface area contributed by atoms with Crippen LogP contribution < -0.4 is 5.32 Å². The molecule has 0 fully saturated rings. The van der Waals surface area contributed by atoms with Crippen molar-refractivity contribution in [3.8, 4) is 0 Å². The topological polar surface area (TPSA) is 49.4 Å². The number of rotatable bonds is 13. The van der Waals surface area contributed by atoms with Gasteiger partial charge in [0, 0.05) is 40.7 Å². The SMILES string of the molecule is CCCCC(CC)CNc1ccc2c3c(cccc13)C(=O)N(CC(CC)CCCC)C2=O. The smallest absolute Gasteiger partial charge is 0.261 e. The second-order valence-corrected chi connectivity index (χ2v) is 9.32. The molecule has 0 aliphatic carbocycles. The maximum atomic E-state index is 13.4. The molecule has 174 valence electrons. The van der Waals surface area contributed by atoms with Crippen LogP contribution in [0.2, 0.25) is 0 Å². The molecule has 0 aromatic heterocycles. The lowest BCUT2D eigenvalue weighted by molar-refractivity contribution is 0.0580. The Bertz CT molecular complexity index is 914. The third-order valence-corrected chi connectivity index (χ3v) is 7.10. The van der Waals surface area contributed by atoms with Crippen molar-refractivity contribution in [3.05, 3.63) is 41.5 Å². The van der Waals surface area contributed by atoms with Crippen LogP contribution in [0.5, 0.6) is 0 Å². The highest BCUT2D eigenvalue weighted by Gasteiger charge is 2.34. The van der Waals surface area contributed by atoms with Gasteiger partial charge in [-0.25, -0.2) is 0 Å². The van der Waals surface area contributed by atoms with Gasteiger partial charge in [0.05, 0.1) is 0 Å². The van der Waals surface area contributed by atoms with Gasteiger partial charge in [-0.15, -0.1) is 0 Å². The molecule has 2 unspecified atom stereocenters. The average Bonchev–Trinajstić information content (AvgIpc) is 2.82. The standard InChI is InChI=1S/C28H40N2O2/c1-5-9-12-20(7-3)18-29-25-17-16-24-26-22(25)14-11-15-23(26)27(31)30(28(24)32)19-21(8-4)13-10-6-2/h11,14-17,20-21,29H,5-10,12-13,18-19H2,1-4H3. The Kier molecular flexibility index (Phi) is 8.72. The number of carbonyl (C=O) groups is 2. The Morgan fingerprint density at radius 3 is 2.06 bits per heavy atom. The van der Waals surface area contributed by atoms with Crippen molar-refractivity contribution in [2.24, 2.45) is 11.8 Å². The first-order valence-electron chi connectivity index (χ1n) is 12.7. The summed E-state index contributed by atoms with van der Waals surface area (Å²) < 4.78 is 0. The fourth-order valence-electron chi connectivity index (χ4n) is 4.84. The van der Waals surface area contributed by atoms with Crippen LogP contribution in [0.15, 0.2) is 30.3 Å². The summed E-state index contributed by atoms with van der Waals surface area (Å²) >= 11 is 0. The Balaban J connectivity index is 1.88. The fourth-order valence-corrected chi connectivity index (χ4v) is 4.84. The molecule has 1 aliphatic rings. The lowest BCUT2D eigenvalue weighted by atomic mass is 9.91. The van der Waals surface area contributed by atoms with E-state index < -0.39 is 0 Å². The molecule has 1 aliphatic heterocycles. The van der Waals surface area contributed by atoms with Gasteiger partial charge in [0.2, 0.25) is 0 Å². The summed E-state index contributed by atoms with van der Waals surface area (Å²) in [6, 6.07) is 9.79. The van der Waals surface area contributed by atoms with Crippen LogP contribution >= 0.6 is 0 Å². The minimum absolute atomic E-state index is 0.144. The predicted octanol–water partition coefficient (Wildman–Crippen LogP) is 7.28. The summed E-state index contributed by atoms with van der Waals surface area (Å²) in [5.41, 5.74) is 2.33.